The molecule has 2 aromatic heterocycles. The van der Waals surface area contributed by atoms with E-state index in [-0.39, 0.29) is 24.1 Å². The minimum absolute atomic E-state index is 0.0912. The van der Waals surface area contributed by atoms with Gasteiger partial charge < -0.3 is 19.8 Å². The summed E-state index contributed by atoms with van der Waals surface area (Å²) in [5, 5.41) is 21.9. The van der Waals surface area contributed by atoms with E-state index in [0.717, 1.165) is 53.6 Å². The smallest absolute Gasteiger partial charge is 0.336 e. The Morgan fingerprint density at radius 1 is 0.842 bits per heavy atom. The van der Waals surface area contributed by atoms with Gasteiger partial charge in [-0.1, -0.05) is 89.8 Å². The summed E-state index contributed by atoms with van der Waals surface area (Å²) in [5.41, 5.74) is 5.66. The summed E-state index contributed by atoms with van der Waals surface area (Å²) in [4.78, 5) is 43.6. The van der Waals surface area contributed by atoms with E-state index < -0.39 is 11.9 Å². The highest BCUT2D eigenvalue weighted by atomic mass is 32.2. The molecule has 57 heavy (non-hydrogen) atoms. The zero-order chi connectivity index (χ0) is 40.2. The standard InChI is InChI=1S/C45H41N3O6S3/c1-5-46-34-26-35(54-7-3)28(4)24-36(34)55-37(46)25-33(31-20-14-15-21-32(31)45(52)53)43-44(51)47(6-2)38(57-43)27-39-48(23-22-40(49)50)41(29-16-10-8-11-17-29)42(56-39)30-18-12-9-13-19-30/h8-21,24-27H,5-7,22-23H2,1-4H3,(H-,49,50,52,53)/p+1. The van der Waals surface area contributed by atoms with Crippen molar-refractivity contribution in [2.45, 2.75) is 52.1 Å². The first-order chi connectivity index (χ1) is 27.6. The van der Waals surface area contributed by atoms with Crippen LogP contribution in [0, 0.1) is 6.92 Å². The molecule has 0 amide bonds. The van der Waals surface area contributed by atoms with E-state index >= 15 is 0 Å². The molecule has 0 fully saturated rings. The van der Waals surface area contributed by atoms with Gasteiger partial charge in [-0.15, -0.1) is 11.3 Å². The molecule has 0 saturated carbocycles. The van der Waals surface area contributed by atoms with Gasteiger partial charge in [0.2, 0.25) is 5.69 Å². The van der Waals surface area contributed by atoms with E-state index in [0.29, 0.717) is 40.0 Å². The van der Waals surface area contributed by atoms with Crippen LogP contribution in [0.2, 0.25) is 0 Å². The molecule has 2 N–H and O–H groups in total. The molecule has 0 unspecified atom stereocenters. The highest BCUT2D eigenvalue weighted by molar-refractivity contribution is 8.03. The average molecular weight is 817 g/mol. The van der Waals surface area contributed by atoms with Crippen LogP contribution in [0.25, 0.3) is 33.3 Å². The van der Waals surface area contributed by atoms with Gasteiger partial charge in [-0.2, -0.15) is 4.57 Å². The van der Waals surface area contributed by atoms with Gasteiger partial charge in [0, 0.05) is 35.2 Å². The van der Waals surface area contributed by atoms with Crippen LogP contribution < -0.4 is 29.0 Å². The summed E-state index contributed by atoms with van der Waals surface area (Å²) < 4.78 is 10.8. The number of hydrogen-bond donors (Lipinski definition) is 2. The molecule has 7 rings (SSSR count). The Morgan fingerprint density at radius 2 is 1.51 bits per heavy atom. The largest absolute Gasteiger partial charge is 0.494 e. The number of hydrogen-bond acceptors (Lipinski definition) is 8. The van der Waals surface area contributed by atoms with Crippen molar-refractivity contribution in [2.24, 2.45) is 0 Å². The SMILES string of the molecule is CCOc1cc2c(cc1C)SC(=CC(c1ccccc1C(=O)O)=c1sc(=Cc3sc(-c4ccccc4)c(-c4ccccc4)[n+]3CCC(=O)O)n(CC)c1=O)N2CC. The van der Waals surface area contributed by atoms with Gasteiger partial charge in [-0.3, -0.25) is 14.2 Å². The van der Waals surface area contributed by atoms with E-state index in [9.17, 15) is 24.6 Å². The molecule has 0 bridgehead atoms. The number of aromatic carboxylic acids is 1. The average Bonchev–Trinajstić information content (AvgIpc) is 3.86. The lowest BCUT2D eigenvalue weighted by Gasteiger charge is -2.20. The van der Waals surface area contributed by atoms with Crippen LogP contribution in [-0.4, -0.2) is 39.9 Å². The van der Waals surface area contributed by atoms with Crippen LogP contribution in [0.5, 0.6) is 5.75 Å². The first-order valence-electron chi connectivity index (χ1n) is 18.8. The molecule has 4 aromatic carbocycles. The molecule has 6 aromatic rings. The summed E-state index contributed by atoms with van der Waals surface area (Å²) in [6.45, 7) is 9.71. The van der Waals surface area contributed by atoms with E-state index in [4.69, 9.17) is 4.74 Å². The van der Waals surface area contributed by atoms with Gasteiger partial charge in [0.15, 0.2) is 6.54 Å². The van der Waals surface area contributed by atoms with Crippen molar-refractivity contribution in [2.75, 3.05) is 18.1 Å². The minimum Gasteiger partial charge on any atom is -0.494 e. The van der Waals surface area contributed by atoms with Gasteiger partial charge in [0.05, 0.1) is 29.0 Å². The molecule has 0 aliphatic carbocycles. The van der Waals surface area contributed by atoms with Crippen LogP contribution in [0.15, 0.2) is 118 Å². The Balaban J connectivity index is 1.52. The van der Waals surface area contributed by atoms with Gasteiger partial charge >= 0.3 is 11.9 Å². The molecule has 0 saturated heterocycles. The molecule has 3 heterocycles. The first-order valence-corrected chi connectivity index (χ1v) is 21.2. The predicted octanol–water partition coefficient (Wildman–Crippen LogP) is 7.99. The number of aryl methyl sites for hydroxylation is 1. The quantitative estimate of drug-likeness (QED) is 0.113. The number of benzene rings is 4. The topological polar surface area (TPSA) is 113 Å². The lowest BCUT2D eigenvalue weighted by Crippen LogP contribution is -2.39. The third-order valence-corrected chi connectivity index (χ3v) is 13.1. The summed E-state index contributed by atoms with van der Waals surface area (Å²) in [6.07, 6.45) is 3.82. The molecule has 9 nitrogen and oxygen atoms in total. The number of nitrogens with zero attached hydrogens (tertiary/aromatic N) is 3. The van der Waals surface area contributed by atoms with E-state index in [2.05, 4.69) is 17.9 Å². The van der Waals surface area contributed by atoms with Crippen molar-refractivity contribution in [1.29, 1.82) is 0 Å². The number of thioether (sulfide) groups is 1. The van der Waals surface area contributed by atoms with Gasteiger partial charge in [-0.05, 0) is 74.7 Å². The van der Waals surface area contributed by atoms with Crippen molar-refractivity contribution in [1.82, 2.24) is 4.57 Å². The fraction of sp³-hybridized carbons (Fsp3) is 0.200. The summed E-state index contributed by atoms with van der Waals surface area (Å²) >= 11 is 4.43. The van der Waals surface area contributed by atoms with E-state index in [1.807, 2.05) is 104 Å². The second-order valence-corrected chi connectivity index (χ2v) is 16.3. The number of ether oxygens (including phenoxy) is 1. The molecular weight excluding hydrogens is 775 g/mol. The zero-order valence-electron chi connectivity index (χ0n) is 32.0. The van der Waals surface area contributed by atoms with Crippen molar-refractivity contribution < 1.29 is 29.1 Å². The van der Waals surface area contributed by atoms with Gasteiger partial charge in [-0.25, -0.2) is 4.79 Å². The van der Waals surface area contributed by atoms with Crippen molar-refractivity contribution in [3.8, 4) is 27.4 Å². The van der Waals surface area contributed by atoms with Crippen molar-refractivity contribution >= 4 is 63.7 Å². The normalized spacial score (nSPS) is 13.9. The van der Waals surface area contributed by atoms with Crippen LogP contribution in [0.1, 0.15) is 53.7 Å². The number of aliphatic carboxylic acids is 1. The molecule has 0 spiro atoms. The Labute approximate surface area is 342 Å². The minimum atomic E-state index is -1.09. The molecule has 0 radical (unpaired) electrons. The number of thiazole rings is 2. The molecule has 0 atom stereocenters. The van der Waals surface area contributed by atoms with Crippen LogP contribution in [0.3, 0.4) is 0 Å². The Hall–Kier alpha value is -5.69. The maximum atomic E-state index is 14.7. The maximum Gasteiger partial charge on any atom is 0.336 e. The molecule has 290 valence electrons. The number of carbonyl (C=O) groups is 2. The first kappa shape index (κ1) is 39.5. The molecular formula is C45H42N3O6S3+. The highest BCUT2D eigenvalue weighted by Gasteiger charge is 2.30. The summed E-state index contributed by atoms with van der Waals surface area (Å²) in [5.74, 6) is -1.20. The summed E-state index contributed by atoms with van der Waals surface area (Å²) in [6, 6.07) is 30.9. The Kier molecular flexibility index (Phi) is 11.9. The highest BCUT2D eigenvalue weighted by Crippen LogP contribution is 2.49. The van der Waals surface area contributed by atoms with E-state index in [1.165, 1.54) is 11.3 Å². The van der Waals surface area contributed by atoms with Gasteiger partial charge in [0.1, 0.15) is 26.2 Å². The van der Waals surface area contributed by atoms with Crippen molar-refractivity contribution in [3.05, 3.63) is 149 Å². The number of anilines is 1. The lowest BCUT2D eigenvalue weighted by molar-refractivity contribution is -0.681. The van der Waals surface area contributed by atoms with Crippen LogP contribution in [-0.2, 0) is 17.9 Å². The van der Waals surface area contributed by atoms with Gasteiger partial charge in [0.25, 0.3) is 10.6 Å². The molecule has 1 aliphatic heterocycles. The monoisotopic (exact) mass is 816 g/mol. The third-order valence-electron chi connectivity index (χ3n) is 9.67. The number of carboxylic acids is 2. The molecule has 12 heteroatoms. The third kappa shape index (κ3) is 7.98. The van der Waals surface area contributed by atoms with Crippen LogP contribution >= 0.6 is 34.4 Å². The lowest BCUT2D eigenvalue weighted by atomic mass is 9.99. The Morgan fingerprint density at radius 3 is 2.14 bits per heavy atom. The summed E-state index contributed by atoms with van der Waals surface area (Å²) in [7, 11) is 0. The zero-order valence-corrected chi connectivity index (χ0v) is 34.5. The number of carboxylic acid groups (broad SMARTS) is 2. The molecule has 1 aliphatic rings. The van der Waals surface area contributed by atoms with Crippen LogP contribution in [0.4, 0.5) is 5.69 Å². The number of rotatable bonds is 13. The second-order valence-electron chi connectivity index (χ2n) is 13.2. The fourth-order valence-corrected chi connectivity index (χ4v) is 10.8. The predicted molar refractivity (Wildman–Crippen MR) is 230 cm³/mol. The number of allylic oxidation sites excluding steroid dienone is 1. The van der Waals surface area contributed by atoms with Crippen molar-refractivity contribution in [3.63, 3.8) is 0 Å². The van der Waals surface area contributed by atoms with E-state index in [1.54, 1.807) is 51.9 Å². The second kappa shape index (κ2) is 17.2. The maximum absolute atomic E-state index is 14.7. The number of fused-ring (bicyclic) bond motifs is 1. The fourth-order valence-electron chi connectivity index (χ4n) is 7.02. The number of aromatic nitrogens is 2. The Bertz CT molecular complexity index is 2700.